The van der Waals surface area contributed by atoms with E-state index in [1.54, 1.807) is 27.7 Å². The number of carbonyl (C=O) groups excluding carboxylic acids is 1. The van der Waals surface area contributed by atoms with E-state index in [9.17, 15) is 14.4 Å². The third kappa shape index (κ3) is 4.62. The van der Waals surface area contributed by atoms with Crippen molar-refractivity contribution in [2.75, 3.05) is 0 Å². The zero-order valence-electron chi connectivity index (χ0n) is 12.3. The van der Waals surface area contributed by atoms with E-state index in [0.29, 0.717) is 0 Å². The highest BCUT2D eigenvalue weighted by atomic mass is 16.6. The van der Waals surface area contributed by atoms with Crippen molar-refractivity contribution in [3.05, 3.63) is 23.3 Å². The van der Waals surface area contributed by atoms with Crippen molar-refractivity contribution >= 4 is 18.0 Å². The molecule has 2 atom stereocenters. The molecule has 0 bridgehead atoms. The zero-order valence-corrected chi connectivity index (χ0v) is 12.3. The van der Waals surface area contributed by atoms with Gasteiger partial charge < -0.3 is 20.3 Å². The molecular formula is C14H19NO6. The molecule has 0 heterocycles. The van der Waals surface area contributed by atoms with Crippen molar-refractivity contribution in [1.82, 2.24) is 5.32 Å². The van der Waals surface area contributed by atoms with Gasteiger partial charge in [0, 0.05) is 11.5 Å². The van der Waals surface area contributed by atoms with E-state index in [-0.39, 0.29) is 11.1 Å². The standard InChI is InChI=1S/C14H19NO6/c1-7-9(12(18)19)5-8(11(16)17)6-10(7)15-13(20)21-14(2,3)4/h5-7,10H,1-4H3,(H,15,20)(H,16,17)(H,18,19). The first kappa shape index (κ1) is 16.7. The van der Waals surface area contributed by atoms with E-state index in [1.807, 2.05) is 0 Å². The molecule has 1 aliphatic carbocycles. The Labute approximate surface area is 122 Å². The molecule has 0 aliphatic heterocycles. The summed E-state index contributed by atoms with van der Waals surface area (Å²) in [5.74, 6) is -3.04. The lowest BCUT2D eigenvalue weighted by Gasteiger charge is -2.28. The monoisotopic (exact) mass is 297 g/mol. The molecule has 0 aromatic carbocycles. The maximum atomic E-state index is 11.7. The number of amides is 1. The van der Waals surface area contributed by atoms with Gasteiger partial charge in [-0.05, 0) is 32.9 Å². The molecule has 0 saturated carbocycles. The first-order valence-electron chi connectivity index (χ1n) is 6.41. The highest BCUT2D eigenvalue weighted by Crippen LogP contribution is 2.25. The smallest absolute Gasteiger partial charge is 0.408 e. The highest BCUT2D eigenvalue weighted by molar-refractivity contribution is 5.96. The van der Waals surface area contributed by atoms with E-state index < -0.39 is 35.6 Å². The Morgan fingerprint density at radius 1 is 1.19 bits per heavy atom. The van der Waals surface area contributed by atoms with Crippen LogP contribution in [0.15, 0.2) is 23.3 Å². The van der Waals surface area contributed by atoms with Gasteiger partial charge in [-0.3, -0.25) is 0 Å². The Morgan fingerprint density at radius 2 is 1.76 bits per heavy atom. The summed E-state index contributed by atoms with van der Waals surface area (Å²) in [6.45, 7) is 6.67. The van der Waals surface area contributed by atoms with Gasteiger partial charge in [0.2, 0.25) is 0 Å². The predicted octanol–water partition coefficient (Wildman–Crippen LogP) is 1.55. The molecule has 116 valence electrons. The maximum absolute atomic E-state index is 11.7. The van der Waals surface area contributed by atoms with Crippen LogP contribution in [-0.2, 0) is 14.3 Å². The molecule has 0 spiro atoms. The lowest BCUT2D eigenvalue weighted by molar-refractivity contribution is -0.133. The Bertz CT molecular complexity index is 526. The lowest BCUT2D eigenvalue weighted by Crippen LogP contribution is -2.44. The van der Waals surface area contributed by atoms with Crippen LogP contribution in [0.25, 0.3) is 0 Å². The second-order valence-corrected chi connectivity index (χ2v) is 5.79. The Balaban J connectivity index is 2.96. The van der Waals surface area contributed by atoms with E-state index in [1.165, 1.54) is 6.08 Å². The third-order valence-electron chi connectivity index (χ3n) is 2.88. The second-order valence-electron chi connectivity index (χ2n) is 5.79. The van der Waals surface area contributed by atoms with Crippen LogP contribution in [0.2, 0.25) is 0 Å². The van der Waals surface area contributed by atoms with Crippen molar-refractivity contribution in [1.29, 1.82) is 0 Å². The summed E-state index contributed by atoms with van der Waals surface area (Å²) in [4.78, 5) is 33.9. The van der Waals surface area contributed by atoms with Crippen molar-refractivity contribution in [2.24, 2.45) is 5.92 Å². The molecule has 0 radical (unpaired) electrons. The first-order chi connectivity index (χ1) is 9.51. The van der Waals surface area contributed by atoms with Crippen LogP contribution in [0.5, 0.6) is 0 Å². The Hall–Kier alpha value is -2.31. The quantitative estimate of drug-likeness (QED) is 0.728. The summed E-state index contributed by atoms with van der Waals surface area (Å²) in [5.41, 5.74) is -0.949. The SMILES string of the molecule is CC1C(C(=O)O)=CC(C(=O)O)=CC1NC(=O)OC(C)(C)C. The normalized spacial score (nSPS) is 21.9. The number of ether oxygens (including phenoxy) is 1. The minimum atomic E-state index is -1.25. The molecule has 0 fully saturated rings. The van der Waals surface area contributed by atoms with Crippen LogP contribution in [0.3, 0.4) is 0 Å². The van der Waals surface area contributed by atoms with Crippen molar-refractivity contribution < 1.29 is 29.3 Å². The summed E-state index contributed by atoms with van der Waals surface area (Å²) >= 11 is 0. The third-order valence-corrected chi connectivity index (χ3v) is 2.88. The number of carbonyl (C=O) groups is 3. The second kappa shape index (κ2) is 5.99. The van der Waals surface area contributed by atoms with E-state index in [4.69, 9.17) is 14.9 Å². The summed E-state index contributed by atoms with van der Waals surface area (Å²) in [7, 11) is 0. The summed E-state index contributed by atoms with van der Waals surface area (Å²) in [5, 5.41) is 20.6. The van der Waals surface area contributed by atoms with Crippen LogP contribution in [0, 0.1) is 5.92 Å². The zero-order chi connectivity index (χ0) is 16.4. The molecule has 2 unspecified atom stereocenters. The number of nitrogens with one attached hydrogen (secondary N) is 1. The number of aliphatic carboxylic acids is 2. The molecule has 7 nitrogen and oxygen atoms in total. The van der Waals surface area contributed by atoms with Gasteiger partial charge in [-0.1, -0.05) is 6.92 Å². The molecule has 21 heavy (non-hydrogen) atoms. The van der Waals surface area contributed by atoms with Crippen LogP contribution in [-0.4, -0.2) is 39.9 Å². The average Bonchev–Trinajstić information content (AvgIpc) is 2.28. The van der Waals surface area contributed by atoms with Crippen LogP contribution >= 0.6 is 0 Å². The first-order valence-corrected chi connectivity index (χ1v) is 6.41. The Kier molecular flexibility index (Phi) is 4.77. The fourth-order valence-corrected chi connectivity index (χ4v) is 1.88. The number of hydrogen-bond donors (Lipinski definition) is 3. The molecule has 0 saturated heterocycles. The highest BCUT2D eigenvalue weighted by Gasteiger charge is 2.31. The minimum Gasteiger partial charge on any atom is -0.478 e. The van der Waals surface area contributed by atoms with E-state index in [2.05, 4.69) is 5.32 Å². The van der Waals surface area contributed by atoms with Crippen molar-refractivity contribution in [2.45, 2.75) is 39.3 Å². The van der Waals surface area contributed by atoms with Crippen LogP contribution in [0.1, 0.15) is 27.7 Å². The predicted molar refractivity (Wildman–Crippen MR) is 73.8 cm³/mol. The van der Waals surface area contributed by atoms with Crippen LogP contribution < -0.4 is 5.32 Å². The number of rotatable bonds is 3. The number of hydrogen-bond acceptors (Lipinski definition) is 4. The molecule has 1 aliphatic rings. The minimum absolute atomic E-state index is 0.0732. The van der Waals surface area contributed by atoms with Crippen molar-refractivity contribution in [3.8, 4) is 0 Å². The fourth-order valence-electron chi connectivity index (χ4n) is 1.88. The molecule has 0 aromatic rings. The number of alkyl carbamates (subject to hydrolysis) is 1. The molecule has 1 amide bonds. The summed E-state index contributed by atoms with van der Waals surface area (Å²) < 4.78 is 5.09. The largest absolute Gasteiger partial charge is 0.478 e. The van der Waals surface area contributed by atoms with E-state index in [0.717, 1.165) is 6.08 Å². The van der Waals surface area contributed by atoms with Gasteiger partial charge in [0.15, 0.2) is 0 Å². The molecule has 0 aromatic heterocycles. The molecule has 1 rings (SSSR count). The van der Waals surface area contributed by atoms with Crippen LogP contribution in [0.4, 0.5) is 4.79 Å². The maximum Gasteiger partial charge on any atom is 0.408 e. The van der Waals surface area contributed by atoms with Gasteiger partial charge in [0.05, 0.1) is 11.6 Å². The van der Waals surface area contributed by atoms with Gasteiger partial charge in [-0.2, -0.15) is 0 Å². The fraction of sp³-hybridized carbons (Fsp3) is 0.500. The van der Waals surface area contributed by atoms with Gasteiger partial charge in [0.1, 0.15) is 5.60 Å². The van der Waals surface area contributed by atoms with Crippen molar-refractivity contribution in [3.63, 3.8) is 0 Å². The number of carboxylic acid groups (broad SMARTS) is 2. The summed E-state index contributed by atoms with van der Waals surface area (Å²) in [6, 6.07) is -0.762. The molecule has 7 heteroatoms. The number of carboxylic acids is 2. The Morgan fingerprint density at radius 3 is 2.19 bits per heavy atom. The topological polar surface area (TPSA) is 113 Å². The van der Waals surface area contributed by atoms with E-state index >= 15 is 0 Å². The van der Waals surface area contributed by atoms with Gasteiger partial charge >= 0.3 is 18.0 Å². The lowest BCUT2D eigenvalue weighted by atomic mass is 9.86. The average molecular weight is 297 g/mol. The molecular weight excluding hydrogens is 278 g/mol. The molecule has 3 N–H and O–H groups in total. The van der Waals surface area contributed by atoms with Gasteiger partial charge in [-0.15, -0.1) is 0 Å². The summed E-state index contributed by atoms with van der Waals surface area (Å²) in [6.07, 6.45) is 1.68. The van der Waals surface area contributed by atoms with Gasteiger partial charge in [0.25, 0.3) is 0 Å². The van der Waals surface area contributed by atoms with Gasteiger partial charge in [-0.25, -0.2) is 14.4 Å².